The summed E-state index contributed by atoms with van der Waals surface area (Å²) < 4.78 is 10.9. The maximum absolute atomic E-state index is 8.75. The van der Waals surface area contributed by atoms with E-state index in [1.54, 1.807) is 0 Å². The smallest absolute Gasteiger partial charge is 0.170 e. The van der Waals surface area contributed by atoms with Crippen LogP contribution in [0.1, 0.15) is 25.7 Å². The number of rotatable bonds is 7. The fourth-order valence-corrected chi connectivity index (χ4v) is 1.99. The van der Waals surface area contributed by atoms with Crippen molar-refractivity contribution in [2.45, 2.75) is 38.0 Å². The minimum Gasteiger partial charge on any atom is -0.396 e. The van der Waals surface area contributed by atoms with Crippen molar-refractivity contribution in [2.75, 3.05) is 32.9 Å². The molecule has 2 fully saturated rings. The van der Waals surface area contributed by atoms with Crippen LogP contribution in [0.15, 0.2) is 0 Å². The molecular weight excluding hydrogens is 194 g/mol. The van der Waals surface area contributed by atoms with Crippen LogP contribution in [0.25, 0.3) is 0 Å². The highest BCUT2D eigenvalue weighted by Crippen LogP contribution is 2.27. The molecule has 0 aromatic heterocycles. The lowest BCUT2D eigenvalue weighted by Gasteiger charge is -2.24. The van der Waals surface area contributed by atoms with Gasteiger partial charge in [0.05, 0.1) is 13.2 Å². The molecule has 4 nitrogen and oxygen atoms in total. The van der Waals surface area contributed by atoms with Gasteiger partial charge in [0, 0.05) is 19.2 Å². The zero-order valence-corrected chi connectivity index (χ0v) is 9.23. The van der Waals surface area contributed by atoms with Crippen LogP contribution in [0, 0.1) is 0 Å². The van der Waals surface area contributed by atoms with Crippen molar-refractivity contribution in [1.82, 2.24) is 4.90 Å². The van der Waals surface area contributed by atoms with Crippen LogP contribution in [-0.2, 0) is 9.47 Å². The molecule has 88 valence electrons. The van der Waals surface area contributed by atoms with Crippen LogP contribution in [0.3, 0.4) is 0 Å². The lowest BCUT2D eigenvalue weighted by Crippen LogP contribution is -2.35. The second-order valence-electron chi connectivity index (χ2n) is 4.33. The van der Waals surface area contributed by atoms with Gasteiger partial charge in [0.1, 0.15) is 0 Å². The normalized spacial score (nSPS) is 22.8. The van der Waals surface area contributed by atoms with Crippen molar-refractivity contribution in [1.29, 1.82) is 0 Å². The minimum absolute atomic E-state index is 0.0141. The van der Waals surface area contributed by atoms with Gasteiger partial charge < -0.3 is 14.6 Å². The SMILES string of the molecule is OCCCCN(CC1OCCO1)C1CC1. The van der Waals surface area contributed by atoms with E-state index in [0.717, 1.165) is 45.2 Å². The summed E-state index contributed by atoms with van der Waals surface area (Å²) in [5, 5.41) is 8.75. The van der Waals surface area contributed by atoms with Crippen molar-refractivity contribution in [3.8, 4) is 0 Å². The molecule has 0 unspecified atom stereocenters. The van der Waals surface area contributed by atoms with Gasteiger partial charge in [0.25, 0.3) is 0 Å². The van der Waals surface area contributed by atoms with Crippen molar-refractivity contribution in [3.63, 3.8) is 0 Å². The third kappa shape index (κ3) is 3.72. The predicted octanol–water partition coefficient (Wildman–Crippen LogP) is 0.596. The zero-order chi connectivity index (χ0) is 10.5. The van der Waals surface area contributed by atoms with Gasteiger partial charge in [-0.2, -0.15) is 0 Å². The molecule has 0 atom stereocenters. The van der Waals surface area contributed by atoms with Crippen LogP contribution in [-0.4, -0.2) is 55.2 Å². The Morgan fingerprint density at radius 2 is 1.87 bits per heavy atom. The number of aliphatic hydroxyl groups is 1. The van der Waals surface area contributed by atoms with E-state index in [2.05, 4.69) is 4.90 Å². The molecule has 1 saturated carbocycles. The first-order valence-corrected chi connectivity index (χ1v) is 5.98. The second-order valence-corrected chi connectivity index (χ2v) is 4.33. The van der Waals surface area contributed by atoms with Gasteiger partial charge in [-0.1, -0.05) is 0 Å². The third-order valence-electron chi connectivity index (χ3n) is 2.99. The number of ether oxygens (including phenoxy) is 2. The van der Waals surface area contributed by atoms with Gasteiger partial charge in [0.2, 0.25) is 0 Å². The Kier molecular flexibility index (Phi) is 4.38. The first-order valence-electron chi connectivity index (χ1n) is 5.98. The number of nitrogens with zero attached hydrogens (tertiary/aromatic N) is 1. The van der Waals surface area contributed by atoms with E-state index in [-0.39, 0.29) is 6.29 Å². The molecule has 0 radical (unpaired) electrons. The van der Waals surface area contributed by atoms with Crippen LogP contribution in [0.4, 0.5) is 0 Å². The van der Waals surface area contributed by atoms with E-state index in [1.165, 1.54) is 12.8 Å². The van der Waals surface area contributed by atoms with Crippen LogP contribution >= 0.6 is 0 Å². The van der Waals surface area contributed by atoms with E-state index < -0.39 is 0 Å². The summed E-state index contributed by atoms with van der Waals surface area (Å²) in [5.41, 5.74) is 0. The molecule has 0 aromatic rings. The Balaban J connectivity index is 1.68. The van der Waals surface area contributed by atoms with Crippen molar-refractivity contribution in [2.24, 2.45) is 0 Å². The van der Waals surface area contributed by atoms with E-state index in [1.807, 2.05) is 0 Å². The monoisotopic (exact) mass is 215 g/mol. The summed E-state index contributed by atoms with van der Waals surface area (Å²) in [5.74, 6) is 0. The van der Waals surface area contributed by atoms with Crippen LogP contribution in [0.2, 0.25) is 0 Å². The topological polar surface area (TPSA) is 41.9 Å². The van der Waals surface area contributed by atoms with Gasteiger partial charge in [-0.05, 0) is 32.2 Å². The van der Waals surface area contributed by atoms with Gasteiger partial charge in [0.15, 0.2) is 6.29 Å². The number of hydrogen-bond donors (Lipinski definition) is 1. The molecule has 2 aliphatic rings. The molecule has 1 saturated heterocycles. The summed E-state index contributed by atoms with van der Waals surface area (Å²) in [6.45, 7) is 3.74. The van der Waals surface area contributed by atoms with Crippen LogP contribution < -0.4 is 0 Å². The van der Waals surface area contributed by atoms with E-state index in [0.29, 0.717) is 6.61 Å². The average Bonchev–Trinajstić information content (AvgIpc) is 2.97. The first kappa shape index (κ1) is 11.3. The molecular formula is C11H21NO3. The molecule has 2 rings (SSSR count). The quantitative estimate of drug-likeness (QED) is 0.631. The number of aliphatic hydroxyl groups excluding tert-OH is 1. The first-order chi connectivity index (χ1) is 7.40. The van der Waals surface area contributed by atoms with Crippen molar-refractivity contribution in [3.05, 3.63) is 0 Å². The lowest BCUT2D eigenvalue weighted by atomic mass is 10.3. The van der Waals surface area contributed by atoms with Crippen molar-refractivity contribution >= 4 is 0 Å². The highest BCUT2D eigenvalue weighted by Gasteiger charge is 2.31. The summed E-state index contributed by atoms with van der Waals surface area (Å²) in [6.07, 6.45) is 4.58. The average molecular weight is 215 g/mol. The minimum atomic E-state index is -0.0141. The molecule has 0 bridgehead atoms. The summed E-state index contributed by atoms with van der Waals surface area (Å²) in [7, 11) is 0. The molecule has 1 N–H and O–H groups in total. The lowest BCUT2D eigenvalue weighted by molar-refractivity contribution is -0.0635. The Morgan fingerprint density at radius 3 is 2.47 bits per heavy atom. The van der Waals surface area contributed by atoms with Gasteiger partial charge in [-0.25, -0.2) is 0 Å². The van der Waals surface area contributed by atoms with E-state index in [9.17, 15) is 0 Å². The molecule has 1 aliphatic heterocycles. The summed E-state index contributed by atoms with van der Waals surface area (Å²) in [4.78, 5) is 2.45. The molecule has 1 heterocycles. The Labute approximate surface area is 91.2 Å². The molecule has 0 spiro atoms. The fourth-order valence-electron chi connectivity index (χ4n) is 1.99. The maximum atomic E-state index is 8.75. The molecule has 4 heteroatoms. The predicted molar refractivity (Wildman–Crippen MR) is 56.6 cm³/mol. The fraction of sp³-hybridized carbons (Fsp3) is 1.00. The Bertz CT molecular complexity index is 179. The second kappa shape index (κ2) is 5.80. The summed E-state index contributed by atoms with van der Waals surface area (Å²) >= 11 is 0. The van der Waals surface area contributed by atoms with Crippen LogP contribution in [0.5, 0.6) is 0 Å². The molecule has 15 heavy (non-hydrogen) atoms. The van der Waals surface area contributed by atoms with E-state index in [4.69, 9.17) is 14.6 Å². The summed E-state index contributed by atoms with van der Waals surface area (Å²) in [6, 6.07) is 0.747. The van der Waals surface area contributed by atoms with E-state index >= 15 is 0 Å². The highest BCUT2D eigenvalue weighted by molar-refractivity contribution is 4.85. The highest BCUT2D eigenvalue weighted by atomic mass is 16.7. The largest absolute Gasteiger partial charge is 0.396 e. The Hall–Kier alpha value is -0.160. The van der Waals surface area contributed by atoms with Gasteiger partial charge in [-0.3, -0.25) is 4.90 Å². The Morgan fingerprint density at radius 1 is 1.13 bits per heavy atom. The molecule has 1 aliphatic carbocycles. The molecule has 0 amide bonds. The maximum Gasteiger partial charge on any atom is 0.170 e. The number of unbranched alkanes of at least 4 members (excludes halogenated alkanes) is 1. The standard InChI is InChI=1S/C11H21NO3/c13-6-2-1-5-12(10-3-4-10)9-11-14-7-8-15-11/h10-11,13H,1-9H2. The molecule has 0 aromatic carbocycles. The third-order valence-corrected chi connectivity index (χ3v) is 2.99. The van der Waals surface area contributed by atoms with Crippen molar-refractivity contribution < 1.29 is 14.6 Å². The van der Waals surface area contributed by atoms with Gasteiger partial charge in [-0.15, -0.1) is 0 Å². The number of hydrogen-bond acceptors (Lipinski definition) is 4. The van der Waals surface area contributed by atoms with Gasteiger partial charge >= 0.3 is 0 Å². The zero-order valence-electron chi connectivity index (χ0n) is 9.23.